The number of hydrogen-bond donors (Lipinski definition) is 3. The maximum Gasteiger partial charge on any atom is 0.267 e. The quantitative estimate of drug-likeness (QED) is 0.389. The minimum absolute atomic E-state index is 0.0837. The summed E-state index contributed by atoms with van der Waals surface area (Å²) in [5.74, 6) is 1.76. The Morgan fingerprint density at radius 3 is 2.74 bits per heavy atom. The average Bonchev–Trinajstić information content (AvgIpc) is 3.30. The van der Waals surface area contributed by atoms with Gasteiger partial charge in [0.1, 0.15) is 42.0 Å². The van der Waals surface area contributed by atoms with Crippen molar-refractivity contribution in [1.82, 2.24) is 15.0 Å². The van der Waals surface area contributed by atoms with Crippen molar-refractivity contribution in [2.75, 3.05) is 62.0 Å². The van der Waals surface area contributed by atoms with E-state index in [0.717, 1.165) is 37.6 Å². The first-order chi connectivity index (χ1) is 16.8. The summed E-state index contributed by atoms with van der Waals surface area (Å²) in [6.07, 6.45) is 1.53. The predicted octanol–water partition coefficient (Wildman–Crippen LogP) is 3.39. The maximum atomic E-state index is 12.7. The molecular weight excluding hydrogens is 490 g/mol. The SMILES string of the molecule is CO[N+]1(CCO)CCN(c2cc(Nc3ncc(C(=O)Nc4c(C)cccc4Cl)s3)nc(C)n2)CC1. The Morgan fingerprint density at radius 2 is 2.06 bits per heavy atom. The number of aryl methyl sites for hydroxylation is 2. The number of carbonyl (C=O) groups is 1. The molecule has 1 amide bonds. The number of amides is 1. The van der Waals surface area contributed by atoms with E-state index in [0.29, 0.717) is 43.6 Å². The number of halogens is 1. The van der Waals surface area contributed by atoms with Crippen molar-refractivity contribution in [2.45, 2.75) is 13.8 Å². The van der Waals surface area contributed by atoms with E-state index < -0.39 is 0 Å². The molecule has 0 unspecified atom stereocenters. The van der Waals surface area contributed by atoms with Crippen LogP contribution in [0, 0.1) is 13.8 Å². The standard InChI is InChI=1S/C23H28ClN7O3S/c1-15-5-4-6-17(24)21(15)29-22(33)18-14-25-23(35-18)28-19-13-20(27-16(2)26-19)30-7-9-31(34-3,10-8-30)11-12-32/h4-6,13-14,32H,7-12H2,1-3H3,(H-,25,26,27,28,29,33)/p+1. The van der Waals surface area contributed by atoms with Crippen LogP contribution in [0.3, 0.4) is 0 Å². The first-order valence-corrected chi connectivity index (χ1v) is 12.4. The molecule has 12 heteroatoms. The third-order valence-electron chi connectivity index (χ3n) is 6.02. The molecule has 0 atom stereocenters. The highest BCUT2D eigenvalue weighted by atomic mass is 35.5. The van der Waals surface area contributed by atoms with Crippen molar-refractivity contribution in [1.29, 1.82) is 0 Å². The van der Waals surface area contributed by atoms with Gasteiger partial charge in [-0.2, -0.15) is 4.65 Å². The second kappa shape index (κ2) is 10.8. The van der Waals surface area contributed by atoms with Crippen LogP contribution >= 0.6 is 22.9 Å². The molecule has 10 nitrogen and oxygen atoms in total. The number of aliphatic hydroxyl groups excluding tert-OH is 1. The molecule has 0 aliphatic carbocycles. The van der Waals surface area contributed by atoms with Crippen LogP contribution in [0.1, 0.15) is 21.1 Å². The van der Waals surface area contributed by atoms with Crippen molar-refractivity contribution in [2.24, 2.45) is 0 Å². The number of hydrogen-bond acceptors (Lipinski definition) is 9. The summed E-state index contributed by atoms with van der Waals surface area (Å²) in [7, 11) is 1.68. The van der Waals surface area contributed by atoms with Crippen LogP contribution in [0.5, 0.6) is 0 Å². The van der Waals surface area contributed by atoms with Gasteiger partial charge in [-0.3, -0.25) is 4.79 Å². The van der Waals surface area contributed by atoms with E-state index in [9.17, 15) is 9.90 Å². The van der Waals surface area contributed by atoms with Crippen molar-refractivity contribution in [3.05, 3.63) is 51.7 Å². The predicted molar refractivity (Wildman–Crippen MR) is 137 cm³/mol. The zero-order valence-corrected chi connectivity index (χ0v) is 21.5. The number of para-hydroxylation sites is 1. The van der Waals surface area contributed by atoms with Gasteiger partial charge >= 0.3 is 0 Å². The number of nitrogens with zero attached hydrogens (tertiary/aromatic N) is 5. The summed E-state index contributed by atoms with van der Waals surface area (Å²) in [6, 6.07) is 7.34. The molecule has 3 heterocycles. The summed E-state index contributed by atoms with van der Waals surface area (Å²) < 4.78 is 0.430. The lowest BCUT2D eigenvalue weighted by molar-refractivity contribution is -1.10. The van der Waals surface area contributed by atoms with Crippen LogP contribution in [0.4, 0.5) is 22.5 Å². The van der Waals surface area contributed by atoms with Crippen LogP contribution in [-0.2, 0) is 4.84 Å². The number of aliphatic hydroxyl groups is 1. The van der Waals surface area contributed by atoms with Gasteiger partial charge in [0.05, 0.1) is 43.7 Å². The number of carbonyl (C=O) groups excluding carboxylic acids is 1. The molecule has 1 saturated heterocycles. The molecule has 0 radical (unpaired) electrons. The van der Waals surface area contributed by atoms with Crippen LogP contribution < -0.4 is 15.5 Å². The lowest BCUT2D eigenvalue weighted by atomic mass is 10.2. The Hall–Kier alpha value is -2.83. The van der Waals surface area contributed by atoms with Crippen molar-refractivity contribution < 1.29 is 19.4 Å². The first-order valence-electron chi connectivity index (χ1n) is 11.2. The summed E-state index contributed by atoms with van der Waals surface area (Å²) in [5, 5.41) is 16.5. The van der Waals surface area contributed by atoms with Gasteiger partial charge in [0, 0.05) is 6.07 Å². The molecule has 1 fully saturated rings. The number of anilines is 4. The minimum Gasteiger partial charge on any atom is -0.390 e. The first kappa shape index (κ1) is 25.3. The van der Waals surface area contributed by atoms with E-state index in [1.807, 2.05) is 32.0 Å². The fourth-order valence-corrected chi connectivity index (χ4v) is 5.02. The van der Waals surface area contributed by atoms with Crippen molar-refractivity contribution in [3.63, 3.8) is 0 Å². The Bertz CT molecular complexity index is 1180. The van der Waals surface area contributed by atoms with Gasteiger partial charge in [0.2, 0.25) is 0 Å². The van der Waals surface area contributed by atoms with E-state index in [4.69, 9.17) is 16.4 Å². The summed E-state index contributed by atoms with van der Waals surface area (Å²) in [6.45, 7) is 7.36. The van der Waals surface area contributed by atoms with Gasteiger partial charge in [-0.15, -0.1) is 0 Å². The molecule has 1 aliphatic heterocycles. The van der Waals surface area contributed by atoms with Gasteiger partial charge in [0.25, 0.3) is 5.91 Å². The van der Waals surface area contributed by atoms with Gasteiger partial charge in [-0.05, 0) is 25.5 Å². The number of quaternary nitrogens is 1. The normalized spacial score (nSPS) is 15.2. The second-order valence-corrected chi connectivity index (χ2v) is 9.76. The van der Waals surface area contributed by atoms with Gasteiger partial charge in [-0.1, -0.05) is 35.1 Å². The number of aromatic nitrogens is 3. The topological polar surface area (TPSA) is 112 Å². The molecule has 3 aromatic rings. The number of benzene rings is 1. The third kappa shape index (κ3) is 5.88. The van der Waals surface area contributed by atoms with Gasteiger partial charge < -0.3 is 20.6 Å². The Balaban J connectivity index is 1.44. The molecule has 0 saturated carbocycles. The molecular formula is C23H29ClN7O3S+. The largest absolute Gasteiger partial charge is 0.390 e. The highest BCUT2D eigenvalue weighted by Crippen LogP contribution is 2.28. The van der Waals surface area contributed by atoms with Crippen molar-refractivity contribution >= 4 is 51.3 Å². The molecule has 186 valence electrons. The van der Waals surface area contributed by atoms with E-state index in [-0.39, 0.29) is 12.5 Å². The van der Waals surface area contributed by atoms with Crippen LogP contribution in [0.25, 0.3) is 0 Å². The molecule has 0 spiro atoms. The fraction of sp³-hybridized carbons (Fsp3) is 0.391. The molecule has 1 aliphatic rings. The number of piperazine rings is 1. The minimum atomic E-state index is -0.276. The number of thiazole rings is 1. The molecule has 4 rings (SSSR count). The maximum absolute atomic E-state index is 12.7. The fourth-order valence-electron chi connectivity index (χ4n) is 4.03. The van der Waals surface area contributed by atoms with E-state index in [1.165, 1.54) is 17.5 Å². The smallest absolute Gasteiger partial charge is 0.267 e. The number of rotatable bonds is 8. The van der Waals surface area contributed by atoms with Crippen LogP contribution in [-0.4, -0.2) is 77.1 Å². The molecule has 0 bridgehead atoms. The average molecular weight is 519 g/mol. The van der Waals surface area contributed by atoms with Crippen molar-refractivity contribution in [3.8, 4) is 0 Å². The Morgan fingerprint density at radius 1 is 1.29 bits per heavy atom. The van der Waals surface area contributed by atoms with Gasteiger partial charge in [-0.25, -0.2) is 19.8 Å². The Labute approximate surface area is 213 Å². The van der Waals surface area contributed by atoms with E-state index >= 15 is 0 Å². The summed E-state index contributed by atoms with van der Waals surface area (Å²) in [5.41, 5.74) is 1.48. The molecule has 1 aromatic carbocycles. The Kier molecular flexibility index (Phi) is 7.82. The van der Waals surface area contributed by atoms with Gasteiger partial charge in [0.15, 0.2) is 5.13 Å². The number of hydroxylamine groups is 3. The zero-order valence-electron chi connectivity index (χ0n) is 19.9. The van der Waals surface area contributed by atoms with E-state index in [2.05, 4.69) is 30.5 Å². The summed E-state index contributed by atoms with van der Waals surface area (Å²) >= 11 is 7.46. The monoisotopic (exact) mass is 518 g/mol. The molecule has 3 N–H and O–H groups in total. The third-order valence-corrected chi connectivity index (χ3v) is 7.25. The lowest BCUT2D eigenvalue weighted by Crippen LogP contribution is -2.60. The zero-order chi connectivity index (χ0) is 25.0. The highest BCUT2D eigenvalue weighted by Gasteiger charge is 2.34. The lowest BCUT2D eigenvalue weighted by Gasteiger charge is -2.41. The van der Waals surface area contributed by atoms with E-state index in [1.54, 1.807) is 13.2 Å². The van der Waals surface area contributed by atoms with Crippen LogP contribution in [0.15, 0.2) is 30.5 Å². The summed E-state index contributed by atoms with van der Waals surface area (Å²) in [4.78, 5) is 34.4. The molecule has 2 aromatic heterocycles. The second-order valence-electron chi connectivity index (χ2n) is 8.32. The number of nitrogens with one attached hydrogen (secondary N) is 2. The molecule has 35 heavy (non-hydrogen) atoms. The van der Waals surface area contributed by atoms with Crippen LogP contribution in [0.2, 0.25) is 5.02 Å². The highest BCUT2D eigenvalue weighted by molar-refractivity contribution is 7.17.